The molecule has 7 heteroatoms. The maximum Gasteiger partial charge on any atom is 0.353 e. The minimum atomic E-state index is -0.343. The minimum Gasteiger partial charge on any atom is -0.351 e. The third-order valence-electron chi connectivity index (χ3n) is 4.10. The van der Waals surface area contributed by atoms with Crippen molar-refractivity contribution in [3.8, 4) is 0 Å². The van der Waals surface area contributed by atoms with Crippen LogP contribution in [-0.2, 0) is 0 Å². The second-order valence-corrected chi connectivity index (χ2v) is 5.34. The Labute approximate surface area is 125 Å². The lowest BCUT2D eigenvalue weighted by molar-refractivity contribution is -0.383. The predicted octanol–water partition coefficient (Wildman–Crippen LogP) is 2.61. The van der Waals surface area contributed by atoms with Crippen LogP contribution in [0, 0.1) is 10.1 Å². The van der Waals surface area contributed by atoms with E-state index in [2.05, 4.69) is 21.8 Å². The molecule has 1 unspecified atom stereocenters. The molecule has 2 heterocycles. The first-order valence-electron chi connectivity index (χ1n) is 7.61. The summed E-state index contributed by atoms with van der Waals surface area (Å²) in [4.78, 5) is 23.6. The van der Waals surface area contributed by atoms with Crippen molar-refractivity contribution in [2.45, 2.75) is 46.1 Å². The molecule has 7 nitrogen and oxygen atoms in total. The molecule has 0 amide bonds. The van der Waals surface area contributed by atoms with Crippen molar-refractivity contribution in [2.75, 3.05) is 29.4 Å². The molecule has 1 aliphatic rings. The van der Waals surface area contributed by atoms with Crippen LogP contribution in [0.15, 0.2) is 6.33 Å². The maximum absolute atomic E-state index is 11.6. The van der Waals surface area contributed by atoms with Crippen LogP contribution in [0.2, 0.25) is 0 Å². The molecule has 1 aliphatic heterocycles. The van der Waals surface area contributed by atoms with Crippen LogP contribution >= 0.6 is 0 Å². The fourth-order valence-corrected chi connectivity index (χ4v) is 2.90. The van der Waals surface area contributed by atoms with Crippen molar-refractivity contribution in [1.82, 2.24) is 9.97 Å². The fraction of sp³-hybridized carbons (Fsp3) is 0.714. The van der Waals surface area contributed by atoms with Gasteiger partial charge in [-0.25, -0.2) is 9.97 Å². The van der Waals surface area contributed by atoms with Crippen LogP contribution < -0.4 is 9.80 Å². The minimum absolute atomic E-state index is 0.0370. The SMILES string of the molecule is CCN(CC)c1ncnc(N2CCCCC2C)c1[N+](=O)[O-]. The predicted molar refractivity (Wildman–Crippen MR) is 82.9 cm³/mol. The molecular weight excluding hydrogens is 270 g/mol. The summed E-state index contributed by atoms with van der Waals surface area (Å²) in [7, 11) is 0. The van der Waals surface area contributed by atoms with E-state index in [0.29, 0.717) is 24.7 Å². The number of anilines is 2. The van der Waals surface area contributed by atoms with E-state index in [1.54, 1.807) is 0 Å². The van der Waals surface area contributed by atoms with Gasteiger partial charge in [-0.1, -0.05) is 0 Å². The summed E-state index contributed by atoms with van der Waals surface area (Å²) in [6.45, 7) is 8.22. The zero-order chi connectivity index (χ0) is 15.4. The topological polar surface area (TPSA) is 75.4 Å². The highest BCUT2D eigenvalue weighted by molar-refractivity contribution is 5.71. The molecule has 0 saturated carbocycles. The molecule has 1 aromatic rings. The lowest BCUT2D eigenvalue weighted by Crippen LogP contribution is -2.38. The molecule has 0 bridgehead atoms. The van der Waals surface area contributed by atoms with Crippen LogP contribution in [0.25, 0.3) is 0 Å². The Morgan fingerprint density at radius 1 is 1.38 bits per heavy atom. The Kier molecular flexibility index (Phi) is 4.93. The average Bonchev–Trinajstić information content (AvgIpc) is 2.48. The quantitative estimate of drug-likeness (QED) is 0.613. The van der Waals surface area contributed by atoms with Crippen molar-refractivity contribution >= 4 is 17.3 Å². The Hall–Kier alpha value is -1.92. The molecule has 21 heavy (non-hydrogen) atoms. The van der Waals surface area contributed by atoms with Crippen LogP contribution in [0.3, 0.4) is 0 Å². The molecule has 0 aromatic carbocycles. The number of nitrogens with zero attached hydrogens (tertiary/aromatic N) is 5. The molecule has 1 saturated heterocycles. The van der Waals surface area contributed by atoms with Gasteiger partial charge >= 0.3 is 5.69 Å². The molecule has 2 rings (SSSR count). The van der Waals surface area contributed by atoms with Crippen molar-refractivity contribution in [3.63, 3.8) is 0 Å². The van der Waals surface area contributed by atoms with E-state index in [-0.39, 0.29) is 16.7 Å². The van der Waals surface area contributed by atoms with Crippen LogP contribution in [-0.4, -0.2) is 40.6 Å². The molecule has 0 radical (unpaired) electrons. The number of hydrogen-bond acceptors (Lipinski definition) is 6. The number of rotatable bonds is 5. The van der Waals surface area contributed by atoms with E-state index in [0.717, 1.165) is 19.4 Å². The smallest absolute Gasteiger partial charge is 0.351 e. The third-order valence-corrected chi connectivity index (χ3v) is 4.10. The third kappa shape index (κ3) is 3.06. The lowest BCUT2D eigenvalue weighted by Gasteiger charge is -2.34. The summed E-state index contributed by atoms with van der Waals surface area (Å²) < 4.78 is 0. The van der Waals surface area contributed by atoms with Crippen molar-refractivity contribution in [1.29, 1.82) is 0 Å². The van der Waals surface area contributed by atoms with Gasteiger partial charge in [0.1, 0.15) is 6.33 Å². The van der Waals surface area contributed by atoms with Crippen molar-refractivity contribution in [3.05, 3.63) is 16.4 Å². The molecule has 0 N–H and O–H groups in total. The van der Waals surface area contributed by atoms with Gasteiger partial charge in [0.15, 0.2) is 0 Å². The standard InChI is InChI=1S/C14H23N5O2/c1-4-17(5-2)13-12(19(20)21)14(16-10-15-13)18-9-7-6-8-11(18)3/h10-11H,4-9H2,1-3H3. The average molecular weight is 293 g/mol. The molecule has 1 atom stereocenters. The van der Waals surface area contributed by atoms with Crippen LogP contribution in [0.1, 0.15) is 40.0 Å². The second kappa shape index (κ2) is 6.69. The van der Waals surface area contributed by atoms with E-state index < -0.39 is 0 Å². The van der Waals surface area contributed by atoms with Gasteiger partial charge < -0.3 is 9.80 Å². The van der Waals surface area contributed by atoms with Crippen LogP contribution in [0.5, 0.6) is 0 Å². The van der Waals surface area contributed by atoms with E-state index in [4.69, 9.17) is 0 Å². The molecule has 0 aliphatic carbocycles. The van der Waals surface area contributed by atoms with Gasteiger partial charge in [0.25, 0.3) is 0 Å². The summed E-state index contributed by atoms with van der Waals surface area (Å²) in [5.41, 5.74) is 0.0370. The Morgan fingerprint density at radius 2 is 2.10 bits per heavy atom. The number of hydrogen-bond donors (Lipinski definition) is 0. The first-order valence-corrected chi connectivity index (χ1v) is 7.61. The molecule has 1 aromatic heterocycles. The van der Waals surface area contributed by atoms with Crippen LogP contribution in [0.4, 0.5) is 17.3 Å². The molecule has 116 valence electrons. The molecule has 0 spiro atoms. The highest BCUT2D eigenvalue weighted by atomic mass is 16.6. The summed E-state index contributed by atoms with van der Waals surface area (Å²) in [6, 6.07) is 0.275. The Morgan fingerprint density at radius 3 is 2.67 bits per heavy atom. The van der Waals surface area contributed by atoms with Gasteiger partial charge in [0.2, 0.25) is 11.6 Å². The summed E-state index contributed by atoms with van der Waals surface area (Å²) in [6.07, 6.45) is 4.70. The Bertz CT molecular complexity index is 504. The van der Waals surface area contributed by atoms with Gasteiger partial charge in [-0.2, -0.15) is 0 Å². The summed E-state index contributed by atoms with van der Waals surface area (Å²) >= 11 is 0. The number of nitro groups is 1. The summed E-state index contributed by atoms with van der Waals surface area (Å²) in [5.74, 6) is 0.886. The Balaban J connectivity index is 2.50. The van der Waals surface area contributed by atoms with Gasteiger partial charge in [0, 0.05) is 25.7 Å². The van der Waals surface area contributed by atoms with Gasteiger partial charge in [0.05, 0.1) is 4.92 Å². The first kappa shape index (κ1) is 15.5. The van der Waals surface area contributed by atoms with Gasteiger partial charge in [-0.05, 0) is 40.0 Å². The highest BCUT2D eigenvalue weighted by Crippen LogP contribution is 2.36. The number of piperidine rings is 1. The van der Waals surface area contributed by atoms with E-state index >= 15 is 0 Å². The van der Waals surface area contributed by atoms with E-state index in [9.17, 15) is 10.1 Å². The first-order chi connectivity index (χ1) is 10.1. The normalized spacial score (nSPS) is 18.6. The maximum atomic E-state index is 11.6. The van der Waals surface area contributed by atoms with Crippen molar-refractivity contribution < 1.29 is 4.92 Å². The zero-order valence-electron chi connectivity index (χ0n) is 12.9. The number of aromatic nitrogens is 2. The zero-order valence-corrected chi connectivity index (χ0v) is 12.9. The van der Waals surface area contributed by atoms with Gasteiger partial charge in [-0.15, -0.1) is 0 Å². The van der Waals surface area contributed by atoms with Crippen molar-refractivity contribution in [2.24, 2.45) is 0 Å². The second-order valence-electron chi connectivity index (χ2n) is 5.34. The lowest BCUT2D eigenvalue weighted by atomic mass is 10.0. The van der Waals surface area contributed by atoms with E-state index in [1.165, 1.54) is 12.7 Å². The van der Waals surface area contributed by atoms with Gasteiger partial charge in [-0.3, -0.25) is 10.1 Å². The highest BCUT2D eigenvalue weighted by Gasteiger charge is 2.32. The largest absolute Gasteiger partial charge is 0.353 e. The fourth-order valence-electron chi connectivity index (χ4n) is 2.90. The van der Waals surface area contributed by atoms with E-state index in [1.807, 2.05) is 18.7 Å². The monoisotopic (exact) mass is 293 g/mol. The molecular formula is C14H23N5O2. The molecule has 1 fully saturated rings. The summed E-state index contributed by atoms with van der Waals surface area (Å²) in [5, 5.41) is 11.6.